The molecule has 0 radical (unpaired) electrons. The summed E-state index contributed by atoms with van der Waals surface area (Å²) in [6.07, 6.45) is 2.03. The van der Waals surface area contributed by atoms with Crippen molar-refractivity contribution in [2.45, 2.75) is 13.3 Å². The van der Waals surface area contributed by atoms with Crippen molar-refractivity contribution < 1.29 is 14.3 Å². The third kappa shape index (κ3) is 7.11. The van der Waals surface area contributed by atoms with Crippen LogP contribution < -0.4 is 16.0 Å². The zero-order chi connectivity index (χ0) is 17.1. The van der Waals surface area contributed by atoms with E-state index in [0.717, 1.165) is 0 Å². The van der Waals surface area contributed by atoms with Gasteiger partial charge in [0.15, 0.2) is 0 Å². The molecule has 0 heterocycles. The molecule has 0 aliphatic carbocycles. The van der Waals surface area contributed by atoms with Gasteiger partial charge in [0.25, 0.3) is 5.91 Å². The largest absolute Gasteiger partial charge is 0.385 e. The van der Waals surface area contributed by atoms with Crippen LogP contribution in [0, 0.1) is 11.3 Å². The molecule has 2 amide bonds. The van der Waals surface area contributed by atoms with Crippen molar-refractivity contribution in [3.05, 3.63) is 36.0 Å². The number of nitrogens with one attached hydrogen (secondary N) is 3. The molecule has 3 N–H and O–H groups in total. The maximum atomic E-state index is 11.8. The highest BCUT2D eigenvalue weighted by molar-refractivity contribution is 5.97. The van der Waals surface area contributed by atoms with Gasteiger partial charge >= 0.3 is 0 Å². The highest BCUT2D eigenvalue weighted by Crippen LogP contribution is 2.13. The van der Waals surface area contributed by atoms with E-state index in [-0.39, 0.29) is 11.5 Å². The van der Waals surface area contributed by atoms with Gasteiger partial charge in [-0.05, 0) is 30.7 Å². The summed E-state index contributed by atoms with van der Waals surface area (Å²) in [6, 6.07) is 8.74. The van der Waals surface area contributed by atoms with Crippen molar-refractivity contribution >= 4 is 23.2 Å². The van der Waals surface area contributed by atoms with Crippen molar-refractivity contribution in [3.8, 4) is 6.07 Å². The smallest absolute Gasteiger partial charge is 0.263 e. The third-order valence-electron chi connectivity index (χ3n) is 2.76. The molecule has 23 heavy (non-hydrogen) atoms. The van der Waals surface area contributed by atoms with Gasteiger partial charge in [-0.25, -0.2) is 0 Å². The van der Waals surface area contributed by atoms with Crippen LogP contribution in [0.25, 0.3) is 0 Å². The zero-order valence-corrected chi connectivity index (χ0v) is 13.2. The SMILES string of the molecule is COCCCNC(=O)/C(C#N)=C\Nc1ccc(NC(C)=O)cc1. The summed E-state index contributed by atoms with van der Waals surface area (Å²) >= 11 is 0. The Morgan fingerprint density at radius 1 is 1.26 bits per heavy atom. The number of carbonyl (C=O) groups excluding carboxylic acids is 2. The van der Waals surface area contributed by atoms with E-state index in [1.54, 1.807) is 31.4 Å². The first-order valence-electron chi connectivity index (χ1n) is 7.08. The van der Waals surface area contributed by atoms with Gasteiger partial charge in [0.05, 0.1) is 0 Å². The van der Waals surface area contributed by atoms with Gasteiger partial charge in [-0.3, -0.25) is 9.59 Å². The van der Waals surface area contributed by atoms with E-state index in [2.05, 4.69) is 16.0 Å². The Morgan fingerprint density at radius 2 is 1.91 bits per heavy atom. The van der Waals surface area contributed by atoms with Crippen molar-refractivity contribution in [3.63, 3.8) is 0 Å². The molecule has 1 aromatic carbocycles. The molecule has 1 rings (SSSR count). The predicted molar refractivity (Wildman–Crippen MR) is 87.6 cm³/mol. The number of methoxy groups -OCH3 is 1. The number of nitriles is 1. The zero-order valence-electron chi connectivity index (χ0n) is 13.2. The fourth-order valence-electron chi connectivity index (χ4n) is 1.67. The molecule has 7 nitrogen and oxygen atoms in total. The van der Waals surface area contributed by atoms with E-state index in [9.17, 15) is 9.59 Å². The number of benzene rings is 1. The highest BCUT2D eigenvalue weighted by atomic mass is 16.5. The fourth-order valence-corrected chi connectivity index (χ4v) is 1.67. The predicted octanol–water partition coefficient (Wildman–Crippen LogP) is 1.62. The lowest BCUT2D eigenvalue weighted by molar-refractivity contribution is -0.117. The Labute approximate surface area is 135 Å². The normalized spacial score (nSPS) is 10.6. The number of rotatable bonds is 8. The van der Waals surface area contributed by atoms with Crippen molar-refractivity contribution in [1.82, 2.24) is 5.32 Å². The highest BCUT2D eigenvalue weighted by Gasteiger charge is 2.07. The van der Waals surface area contributed by atoms with Gasteiger partial charge in [-0.15, -0.1) is 0 Å². The first-order chi connectivity index (χ1) is 11.1. The number of amides is 2. The molecular weight excluding hydrogens is 296 g/mol. The molecule has 0 aliphatic rings. The quantitative estimate of drug-likeness (QED) is 0.384. The number of nitrogens with zero attached hydrogens (tertiary/aromatic N) is 1. The minimum absolute atomic E-state index is 0.0200. The maximum absolute atomic E-state index is 11.8. The molecule has 0 aliphatic heterocycles. The summed E-state index contributed by atoms with van der Waals surface area (Å²) in [5.74, 6) is -0.589. The minimum Gasteiger partial charge on any atom is -0.385 e. The molecule has 122 valence electrons. The molecule has 0 aromatic heterocycles. The van der Waals surface area contributed by atoms with E-state index in [1.165, 1.54) is 13.1 Å². The summed E-state index contributed by atoms with van der Waals surface area (Å²) in [7, 11) is 1.59. The van der Waals surface area contributed by atoms with E-state index in [1.807, 2.05) is 6.07 Å². The van der Waals surface area contributed by atoms with Gasteiger partial charge in [0, 0.05) is 44.8 Å². The standard InChI is InChI=1S/C16H20N4O3/c1-12(21)20-15-6-4-14(5-7-15)19-11-13(10-17)16(22)18-8-3-9-23-2/h4-7,11,19H,3,8-9H2,1-2H3,(H,18,22)(H,20,21)/b13-11-. The third-order valence-corrected chi connectivity index (χ3v) is 2.76. The topological polar surface area (TPSA) is 103 Å². The van der Waals surface area contributed by atoms with Crippen LogP contribution in [-0.2, 0) is 14.3 Å². The van der Waals surface area contributed by atoms with Crippen LogP contribution in [0.2, 0.25) is 0 Å². The monoisotopic (exact) mass is 316 g/mol. The van der Waals surface area contributed by atoms with Crippen LogP contribution in [-0.4, -0.2) is 32.1 Å². The minimum atomic E-state index is -0.439. The lowest BCUT2D eigenvalue weighted by Crippen LogP contribution is -2.26. The number of anilines is 2. The lowest BCUT2D eigenvalue weighted by Gasteiger charge is -2.06. The second-order valence-corrected chi connectivity index (χ2v) is 4.67. The van der Waals surface area contributed by atoms with Crippen LogP contribution in [0.5, 0.6) is 0 Å². The Balaban J connectivity index is 2.57. The lowest BCUT2D eigenvalue weighted by atomic mass is 10.2. The Hall–Kier alpha value is -2.85. The van der Waals surface area contributed by atoms with Crippen molar-refractivity contribution in [2.75, 3.05) is 30.9 Å². The molecule has 7 heteroatoms. The van der Waals surface area contributed by atoms with Crippen LogP contribution in [0.4, 0.5) is 11.4 Å². The maximum Gasteiger partial charge on any atom is 0.263 e. The van der Waals surface area contributed by atoms with Gasteiger partial charge in [0.2, 0.25) is 5.91 Å². The van der Waals surface area contributed by atoms with Crippen LogP contribution >= 0.6 is 0 Å². The van der Waals surface area contributed by atoms with Gasteiger partial charge in [-0.1, -0.05) is 0 Å². The second-order valence-electron chi connectivity index (χ2n) is 4.67. The summed E-state index contributed by atoms with van der Waals surface area (Å²) in [6.45, 7) is 2.42. The fraction of sp³-hybridized carbons (Fsp3) is 0.312. The summed E-state index contributed by atoms with van der Waals surface area (Å²) in [4.78, 5) is 22.7. The van der Waals surface area contributed by atoms with Crippen LogP contribution in [0.1, 0.15) is 13.3 Å². The van der Waals surface area contributed by atoms with Gasteiger partial charge in [0.1, 0.15) is 11.6 Å². The van der Waals surface area contributed by atoms with E-state index < -0.39 is 5.91 Å². The number of carbonyl (C=O) groups is 2. The Kier molecular flexibility index (Phi) is 7.89. The second kappa shape index (κ2) is 9.97. The van der Waals surface area contributed by atoms with Gasteiger partial charge < -0.3 is 20.7 Å². The molecular formula is C16H20N4O3. The van der Waals surface area contributed by atoms with E-state index >= 15 is 0 Å². The number of hydrogen-bond acceptors (Lipinski definition) is 5. The number of ether oxygens (including phenoxy) is 1. The summed E-state index contributed by atoms with van der Waals surface area (Å²) in [5.41, 5.74) is 1.34. The molecule has 0 bridgehead atoms. The molecule has 0 atom stereocenters. The molecule has 0 unspecified atom stereocenters. The summed E-state index contributed by atoms with van der Waals surface area (Å²) < 4.78 is 4.88. The van der Waals surface area contributed by atoms with Crippen molar-refractivity contribution in [2.24, 2.45) is 0 Å². The number of hydrogen-bond donors (Lipinski definition) is 3. The average molecular weight is 316 g/mol. The first kappa shape index (κ1) is 18.2. The molecule has 0 spiro atoms. The van der Waals surface area contributed by atoms with Crippen LogP contribution in [0.3, 0.4) is 0 Å². The molecule has 1 aromatic rings. The van der Waals surface area contributed by atoms with E-state index in [0.29, 0.717) is 30.9 Å². The molecule has 0 saturated carbocycles. The summed E-state index contributed by atoms with van der Waals surface area (Å²) in [5, 5.41) is 17.2. The van der Waals surface area contributed by atoms with Crippen LogP contribution in [0.15, 0.2) is 36.0 Å². The van der Waals surface area contributed by atoms with Crippen molar-refractivity contribution in [1.29, 1.82) is 5.26 Å². The van der Waals surface area contributed by atoms with Gasteiger partial charge in [-0.2, -0.15) is 5.26 Å². The Bertz CT molecular complexity index is 603. The molecule has 0 fully saturated rings. The van der Waals surface area contributed by atoms with E-state index in [4.69, 9.17) is 10.00 Å². The molecule has 0 saturated heterocycles. The Morgan fingerprint density at radius 3 is 2.48 bits per heavy atom. The average Bonchev–Trinajstić information content (AvgIpc) is 2.53. The first-order valence-corrected chi connectivity index (χ1v) is 7.08.